The van der Waals surface area contributed by atoms with E-state index >= 15 is 0 Å². The number of nitroso groups, excluding NO2 is 1. The van der Waals surface area contributed by atoms with Gasteiger partial charge in [-0.3, -0.25) is 4.79 Å². The van der Waals surface area contributed by atoms with Crippen molar-refractivity contribution in [3.05, 3.63) is 4.91 Å². The fraction of sp³-hybridized carbons (Fsp3) is 0.750. The van der Waals surface area contributed by atoms with Crippen molar-refractivity contribution < 1.29 is 4.79 Å². The molecule has 0 aromatic heterocycles. The SMILES string of the molecule is CCC(=O)CN=O. The Bertz CT molecular complexity index is 79.8. The molecule has 0 aliphatic rings. The van der Waals surface area contributed by atoms with Crippen LogP contribution in [0.4, 0.5) is 0 Å². The van der Waals surface area contributed by atoms with E-state index in [1.54, 1.807) is 6.92 Å². The molecular formula is C4H7NO2. The van der Waals surface area contributed by atoms with Gasteiger partial charge in [0.1, 0.15) is 6.54 Å². The summed E-state index contributed by atoms with van der Waals surface area (Å²) >= 11 is 0. The van der Waals surface area contributed by atoms with E-state index in [0.717, 1.165) is 0 Å². The van der Waals surface area contributed by atoms with Crippen molar-refractivity contribution in [1.82, 2.24) is 0 Å². The van der Waals surface area contributed by atoms with Crippen LogP contribution in [0.2, 0.25) is 0 Å². The number of hydrogen-bond acceptors (Lipinski definition) is 3. The molecule has 3 nitrogen and oxygen atoms in total. The predicted molar refractivity (Wildman–Crippen MR) is 26.0 cm³/mol. The van der Waals surface area contributed by atoms with Crippen LogP contribution in [0.1, 0.15) is 13.3 Å². The molecule has 7 heavy (non-hydrogen) atoms. The minimum atomic E-state index is -0.170. The van der Waals surface area contributed by atoms with Crippen LogP contribution in [0.15, 0.2) is 5.18 Å². The van der Waals surface area contributed by atoms with Crippen molar-refractivity contribution >= 4 is 5.78 Å². The van der Waals surface area contributed by atoms with E-state index in [9.17, 15) is 9.70 Å². The third-order valence-electron chi connectivity index (χ3n) is 0.635. The fourth-order valence-electron chi connectivity index (χ4n) is 0.184. The maximum Gasteiger partial charge on any atom is 0.157 e. The second-order valence-corrected chi connectivity index (χ2v) is 1.18. The summed E-state index contributed by atoms with van der Waals surface area (Å²) in [6, 6.07) is 0. The van der Waals surface area contributed by atoms with Crippen molar-refractivity contribution in [2.45, 2.75) is 13.3 Å². The maximum atomic E-state index is 10.1. The van der Waals surface area contributed by atoms with Crippen LogP contribution in [-0.4, -0.2) is 12.3 Å². The van der Waals surface area contributed by atoms with Gasteiger partial charge in [-0.15, -0.1) is 0 Å². The van der Waals surface area contributed by atoms with E-state index in [0.29, 0.717) is 6.42 Å². The van der Waals surface area contributed by atoms with Gasteiger partial charge < -0.3 is 0 Å². The van der Waals surface area contributed by atoms with Crippen LogP contribution in [0.25, 0.3) is 0 Å². The van der Waals surface area contributed by atoms with Gasteiger partial charge in [0.05, 0.1) is 0 Å². The largest absolute Gasteiger partial charge is 0.297 e. The average Bonchev–Trinajstić information content (AvgIpc) is 1.68. The van der Waals surface area contributed by atoms with Gasteiger partial charge in [0.2, 0.25) is 0 Å². The number of ketones is 1. The molecule has 0 fully saturated rings. The summed E-state index contributed by atoms with van der Waals surface area (Å²) in [5, 5.41) is 2.41. The molecule has 0 aromatic rings. The summed E-state index contributed by atoms with van der Waals surface area (Å²) in [4.78, 5) is 19.4. The van der Waals surface area contributed by atoms with Crippen LogP contribution < -0.4 is 0 Å². The Balaban J connectivity index is 3.17. The Morgan fingerprint density at radius 3 is 2.43 bits per heavy atom. The van der Waals surface area contributed by atoms with Gasteiger partial charge in [-0.2, -0.15) is 4.91 Å². The first-order chi connectivity index (χ1) is 3.31. The van der Waals surface area contributed by atoms with Crippen LogP contribution >= 0.6 is 0 Å². The first-order valence-corrected chi connectivity index (χ1v) is 2.12. The highest BCUT2D eigenvalue weighted by molar-refractivity contribution is 5.80. The molecule has 0 saturated heterocycles. The van der Waals surface area contributed by atoms with E-state index in [1.807, 2.05) is 0 Å². The summed E-state index contributed by atoms with van der Waals surface area (Å²) in [5.41, 5.74) is 0. The van der Waals surface area contributed by atoms with Gasteiger partial charge in [-0.05, 0) is 0 Å². The molecule has 0 heterocycles. The second kappa shape index (κ2) is 3.46. The fourth-order valence-corrected chi connectivity index (χ4v) is 0.184. The summed E-state index contributed by atoms with van der Waals surface area (Å²) in [7, 11) is 0. The summed E-state index contributed by atoms with van der Waals surface area (Å²) in [6.07, 6.45) is 0.408. The molecule has 0 N–H and O–H groups in total. The normalized spacial score (nSPS) is 8.14. The predicted octanol–water partition coefficient (Wildman–Crippen LogP) is 0.732. The Morgan fingerprint density at radius 2 is 2.29 bits per heavy atom. The minimum Gasteiger partial charge on any atom is -0.297 e. The molecule has 0 rings (SSSR count). The average molecular weight is 101 g/mol. The third-order valence-corrected chi connectivity index (χ3v) is 0.635. The molecule has 0 atom stereocenters. The van der Waals surface area contributed by atoms with Gasteiger partial charge in [-0.25, -0.2) is 0 Å². The third kappa shape index (κ3) is 3.09. The quantitative estimate of drug-likeness (QED) is 0.492. The van der Waals surface area contributed by atoms with Crippen LogP contribution in [-0.2, 0) is 4.79 Å². The lowest BCUT2D eigenvalue weighted by molar-refractivity contribution is -0.117. The van der Waals surface area contributed by atoms with Gasteiger partial charge in [0.25, 0.3) is 0 Å². The Hall–Kier alpha value is -0.730. The summed E-state index contributed by atoms with van der Waals surface area (Å²) < 4.78 is 0. The van der Waals surface area contributed by atoms with Crippen molar-refractivity contribution in [2.24, 2.45) is 5.18 Å². The Kier molecular flexibility index (Phi) is 3.10. The van der Waals surface area contributed by atoms with Crippen LogP contribution in [0, 0.1) is 4.91 Å². The highest BCUT2D eigenvalue weighted by Gasteiger charge is 1.92. The molecule has 0 radical (unpaired) electrons. The summed E-state index contributed by atoms with van der Waals surface area (Å²) in [6.45, 7) is 1.53. The van der Waals surface area contributed by atoms with E-state index in [4.69, 9.17) is 0 Å². The van der Waals surface area contributed by atoms with E-state index in [2.05, 4.69) is 5.18 Å². The highest BCUT2D eigenvalue weighted by Crippen LogP contribution is 1.78. The highest BCUT2D eigenvalue weighted by atomic mass is 16.3. The van der Waals surface area contributed by atoms with Gasteiger partial charge >= 0.3 is 0 Å². The van der Waals surface area contributed by atoms with Crippen LogP contribution in [0.3, 0.4) is 0 Å². The van der Waals surface area contributed by atoms with Crippen molar-refractivity contribution in [3.8, 4) is 0 Å². The van der Waals surface area contributed by atoms with E-state index in [1.165, 1.54) is 0 Å². The van der Waals surface area contributed by atoms with Gasteiger partial charge in [0, 0.05) is 6.42 Å². The second-order valence-electron chi connectivity index (χ2n) is 1.18. The molecule has 0 amide bonds. The number of Topliss-reactive ketones (excluding diaryl/α,β-unsaturated/α-hetero) is 1. The number of hydrogen-bond donors (Lipinski definition) is 0. The van der Waals surface area contributed by atoms with Crippen LogP contribution in [0.5, 0.6) is 0 Å². The Morgan fingerprint density at radius 1 is 1.71 bits per heavy atom. The van der Waals surface area contributed by atoms with E-state index in [-0.39, 0.29) is 12.3 Å². The molecule has 0 aliphatic heterocycles. The standard InChI is InChI=1S/C4H7NO2/c1-2-4(6)3-5-7/h2-3H2,1H3. The van der Waals surface area contributed by atoms with Gasteiger partial charge in [0.15, 0.2) is 5.78 Å². The summed E-state index contributed by atoms with van der Waals surface area (Å²) in [5.74, 6) is -0.102. The molecular weight excluding hydrogens is 94.0 g/mol. The first-order valence-electron chi connectivity index (χ1n) is 2.12. The zero-order valence-electron chi connectivity index (χ0n) is 4.18. The molecule has 0 aliphatic carbocycles. The lowest BCUT2D eigenvalue weighted by Crippen LogP contribution is -1.97. The zero-order valence-corrected chi connectivity index (χ0v) is 4.18. The lowest BCUT2D eigenvalue weighted by Gasteiger charge is -1.80. The zero-order chi connectivity index (χ0) is 5.70. The number of carbonyl (C=O) groups is 1. The number of rotatable bonds is 3. The van der Waals surface area contributed by atoms with Crippen molar-refractivity contribution in [1.29, 1.82) is 0 Å². The molecule has 3 heteroatoms. The van der Waals surface area contributed by atoms with E-state index < -0.39 is 0 Å². The molecule has 0 spiro atoms. The molecule has 0 unspecified atom stereocenters. The smallest absolute Gasteiger partial charge is 0.157 e. The monoisotopic (exact) mass is 101 g/mol. The molecule has 0 saturated carbocycles. The number of nitrogens with zero attached hydrogens (tertiary/aromatic N) is 1. The minimum absolute atomic E-state index is 0.102. The number of carbonyl (C=O) groups excluding carboxylic acids is 1. The topological polar surface area (TPSA) is 46.5 Å². The van der Waals surface area contributed by atoms with Crippen molar-refractivity contribution in [2.75, 3.05) is 6.54 Å². The Labute approximate surface area is 41.7 Å². The first kappa shape index (κ1) is 6.27. The van der Waals surface area contributed by atoms with Crippen molar-refractivity contribution in [3.63, 3.8) is 0 Å². The lowest BCUT2D eigenvalue weighted by atomic mass is 10.3. The molecule has 0 aromatic carbocycles. The van der Waals surface area contributed by atoms with Gasteiger partial charge in [-0.1, -0.05) is 12.1 Å². The molecule has 0 bridgehead atoms. The molecule has 40 valence electrons. The maximum absolute atomic E-state index is 10.1.